The number of halogens is 1. The molecule has 0 saturated carbocycles. The predicted octanol–water partition coefficient (Wildman–Crippen LogP) is 2.97. The zero-order valence-electron chi connectivity index (χ0n) is 14.5. The van der Waals surface area contributed by atoms with E-state index in [2.05, 4.69) is 15.3 Å². The van der Waals surface area contributed by atoms with Gasteiger partial charge in [0.2, 0.25) is 0 Å². The van der Waals surface area contributed by atoms with Gasteiger partial charge in [0.05, 0.1) is 5.69 Å². The molecule has 7 heteroatoms. The number of aryl methyl sites for hydroxylation is 1. The van der Waals surface area contributed by atoms with Gasteiger partial charge in [-0.2, -0.15) is 10.2 Å². The number of carbonyl (C=O) groups is 1. The molecule has 4 rings (SSSR count). The first kappa shape index (κ1) is 16.5. The van der Waals surface area contributed by atoms with Crippen LogP contribution in [-0.4, -0.2) is 43.9 Å². The minimum atomic E-state index is -0.263. The summed E-state index contributed by atoms with van der Waals surface area (Å²) in [5.41, 5.74) is 3.26. The van der Waals surface area contributed by atoms with Gasteiger partial charge in [-0.25, -0.2) is 4.39 Å². The van der Waals surface area contributed by atoms with Gasteiger partial charge in [0.1, 0.15) is 11.5 Å². The number of benzene rings is 1. The van der Waals surface area contributed by atoms with Crippen molar-refractivity contribution >= 4 is 5.91 Å². The molecule has 0 bridgehead atoms. The molecule has 1 saturated heterocycles. The molecule has 26 heavy (non-hydrogen) atoms. The van der Waals surface area contributed by atoms with Crippen molar-refractivity contribution in [2.45, 2.75) is 18.8 Å². The van der Waals surface area contributed by atoms with Crippen LogP contribution in [0.5, 0.6) is 0 Å². The molecule has 3 aromatic rings. The van der Waals surface area contributed by atoms with Crippen molar-refractivity contribution in [3.05, 3.63) is 59.8 Å². The number of aromatic nitrogens is 4. The smallest absolute Gasteiger partial charge is 0.272 e. The molecule has 1 aliphatic rings. The van der Waals surface area contributed by atoms with E-state index in [-0.39, 0.29) is 17.6 Å². The van der Waals surface area contributed by atoms with E-state index in [0.29, 0.717) is 12.2 Å². The van der Waals surface area contributed by atoms with Gasteiger partial charge in [0.25, 0.3) is 5.91 Å². The summed E-state index contributed by atoms with van der Waals surface area (Å²) in [6.45, 7) is 1.40. The lowest BCUT2D eigenvalue weighted by Crippen LogP contribution is -2.40. The van der Waals surface area contributed by atoms with Gasteiger partial charge in [-0.3, -0.25) is 14.6 Å². The average Bonchev–Trinajstić information content (AvgIpc) is 3.31. The molecule has 134 valence electrons. The number of hydrogen-bond acceptors (Lipinski definition) is 3. The minimum Gasteiger partial charge on any atom is -0.337 e. The second-order valence-corrected chi connectivity index (χ2v) is 6.65. The van der Waals surface area contributed by atoms with Crippen molar-refractivity contribution in [2.75, 3.05) is 13.1 Å². The molecule has 0 aliphatic carbocycles. The SMILES string of the molecule is Cn1nccc1C(=O)N1CCCC(c2cc(-c3ccc(F)cc3)n[nH]2)C1. The molecule has 1 aromatic carbocycles. The Labute approximate surface area is 150 Å². The van der Waals surface area contributed by atoms with E-state index in [0.717, 1.165) is 36.3 Å². The number of rotatable bonds is 3. The van der Waals surface area contributed by atoms with E-state index in [1.807, 2.05) is 11.0 Å². The van der Waals surface area contributed by atoms with Crippen LogP contribution in [0.3, 0.4) is 0 Å². The van der Waals surface area contributed by atoms with Crippen LogP contribution in [0.15, 0.2) is 42.6 Å². The maximum Gasteiger partial charge on any atom is 0.272 e. The molecule has 1 amide bonds. The van der Waals surface area contributed by atoms with Gasteiger partial charge in [-0.05, 0) is 49.2 Å². The zero-order valence-corrected chi connectivity index (χ0v) is 14.5. The minimum absolute atomic E-state index is 0.00738. The van der Waals surface area contributed by atoms with Crippen LogP contribution in [0.25, 0.3) is 11.3 Å². The Hall–Kier alpha value is -2.96. The number of nitrogens with zero attached hydrogens (tertiary/aromatic N) is 4. The second kappa shape index (κ2) is 6.74. The summed E-state index contributed by atoms with van der Waals surface area (Å²) < 4.78 is 14.7. The topological polar surface area (TPSA) is 66.8 Å². The average molecular weight is 353 g/mol. The van der Waals surface area contributed by atoms with Gasteiger partial charge in [-0.1, -0.05) is 0 Å². The highest BCUT2D eigenvalue weighted by atomic mass is 19.1. The molecule has 1 N–H and O–H groups in total. The Bertz CT molecular complexity index is 914. The van der Waals surface area contributed by atoms with Crippen molar-refractivity contribution in [3.8, 4) is 11.3 Å². The predicted molar refractivity (Wildman–Crippen MR) is 95.1 cm³/mol. The van der Waals surface area contributed by atoms with Gasteiger partial charge in [0, 0.05) is 43.5 Å². The van der Waals surface area contributed by atoms with Crippen molar-refractivity contribution < 1.29 is 9.18 Å². The zero-order chi connectivity index (χ0) is 18.1. The summed E-state index contributed by atoms with van der Waals surface area (Å²) in [6, 6.07) is 10.0. The molecule has 1 atom stereocenters. The Kier molecular flexibility index (Phi) is 4.28. The number of aromatic amines is 1. The summed E-state index contributed by atoms with van der Waals surface area (Å²) >= 11 is 0. The van der Waals surface area contributed by atoms with Gasteiger partial charge in [-0.15, -0.1) is 0 Å². The summed E-state index contributed by atoms with van der Waals surface area (Å²) in [6.07, 6.45) is 3.58. The van der Waals surface area contributed by atoms with E-state index in [9.17, 15) is 9.18 Å². The molecule has 0 radical (unpaired) electrons. The van der Waals surface area contributed by atoms with Crippen LogP contribution in [0, 0.1) is 5.82 Å². The maximum atomic E-state index is 13.1. The van der Waals surface area contributed by atoms with Crippen LogP contribution < -0.4 is 0 Å². The molecule has 3 heterocycles. The van der Waals surface area contributed by atoms with Gasteiger partial charge < -0.3 is 4.90 Å². The third-order valence-corrected chi connectivity index (χ3v) is 4.93. The third-order valence-electron chi connectivity index (χ3n) is 4.93. The fourth-order valence-corrected chi connectivity index (χ4v) is 3.48. The highest BCUT2D eigenvalue weighted by Crippen LogP contribution is 2.29. The quantitative estimate of drug-likeness (QED) is 0.787. The Morgan fingerprint density at radius 1 is 1.27 bits per heavy atom. The van der Waals surface area contributed by atoms with Crippen molar-refractivity contribution in [1.82, 2.24) is 24.9 Å². The summed E-state index contributed by atoms with van der Waals surface area (Å²) in [7, 11) is 1.78. The summed E-state index contributed by atoms with van der Waals surface area (Å²) in [5, 5.41) is 11.5. The second-order valence-electron chi connectivity index (χ2n) is 6.65. The van der Waals surface area contributed by atoms with E-state index < -0.39 is 0 Å². The third kappa shape index (κ3) is 3.12. The lowest BCUT2D eigenvalue weighted by Gasteiger charge is -2.32. The number of H-pyrrole nitrogens is 1. The lowest BCUT2D eigenvalue weighted by atomic mass is 9.94. The van der Waals surface area contributed by atoms with E-state index in [1.54, 1.807) is 36.1 Å². The first-order valence-electron chi connectivity index (χ1n) is 8.70. The Morgan fingerprint density at radius 3 is 2.81 bits per heavy atom. The molecule has 0 spiro atoms. The Morgan fingerprint density at radius 2 is 2.08 bits per heavy atom. The van der Waals surface area contributed by atoms with E-state index >= 15 is 0 Å². The monoisotopic (exact) mass is 353 g/mol. The molecule has 1 aliphatic heterocycles. The summed E-state index contributed by atoms with van der Waals surface area (Å²) in [4.78, 5) is 14.6. The standard InChI is InChI=1S/C19H20FN5O/c1-24-18(8-9-21-24)19(26)25-10-2-3-14(12-25)17-11-16(22-23-17)13-4-6-15(20)7-5-13/h4-9,11,14H,2-3,10,12H2,1H3,(H,22,23). The van der Waals surface area contributed by atoms with E-state index in [4.69, 9.17) is 0 Å². The molecular weight excluding hydrogens is 333 g/mol. The lowest BCUT2D eigenvalue weighted by molar-refractivity contribution is 0.0694. The van der Waals surface area contributed by atoms with Crippen molar-refractivity contribution in [2.24, 2.45) is 7.05 Å². The fourth-order valence-electron chi connectivity index (χ4n) is 3.48. The van der Waals surface area contributed by atoms with Crippen LogP contribution in [0.4, 0.5) is 4.39 Å². The molecule has 6 nitrogen and oxygen atoms in total. The number of amides is 1. The van der Waals surface area contributed by atoms with Crippen LogP contribution in [0.1, 0.15) is 34.9 Å². The highest BCUT2D eigenvalue weighted by Gasteiger charge is 2.28. The maximum absolute atomic E-state index is 13.1. The molecule has 1 fully saturated rings. The van der Waals surface area contributed by atoms with E-state index in [1.165, 1.54) is 12.1 Å². The van der Waals surface area contributed by atoms with Gasteiger partial charge in [0.15, 0.2) is 0 Å². The first-order valence-corrected chi connectivity index (χ1v) is 8.70. The Balaban J connectivity index is 1.51. The number of hydrogen-bond donors (Lipinski definition) is 1. The highest BCUT2D eigenvalue weighted by molar-refractivity contribution is 5.92. The number of likely N-dealkylation sites (tertiary alicyclic amines) is 1. The normalized spacial score (nSPS) is 17.5. The number of nitrogens with one attached hydrogen (secondary N) is 1. The van der Waals surface area contributed by atoms with Crippen molar-refractivity contribution in [1.29, 1.82) is 0 Å². The fraction of sp³-hybridized carbons (Fsp3) is 0.316. The summed E-state index contributed by atoms with van der Waals surface area (Å²) in [5.74, 6) is -0.0447. The van der Waals surface area contributed by atoms with Crippen LogP contribution >= 0.6 is 0 Å². The first-order chi connectivity index (χ1) is 12.6. The number of piperidine rings is 1. The molecule has 2 aromatic heterocycles. The molecule has 1 unspecified atom stereocenters. The van der Waals surface area contributed by atoms with Crippen molar-refractivity contribution in [3.63, 3.8) is 0 Å². The van der Waals surface area contributed by atoms with Crippen LogP contribution in [-0.2, 0) is 7.05 Å². The number of carbonyl (C=O) groups excluding carboxylic acids is 1. The van der Waals surface area contributed by atoms with Crippen LogP contribution in [0.2, 0.25) is 0 Å². The molecular formula is C19H20FN5O. The van der Waals surface area contributed by atoms with Gasteiger partial charge >= 0.3 is 0 Å². The largest absolute Gasteiger partial charge is 0.337 e.